The van der Waals surface area contributed by atoms with Crippen molar-refractivity contribution in [1.29, 1.82) is 0 Å². The third-order valence-corrected chi connectivity index (χ3v) is 4.90. The monoisotopic (exact) mass is 319 g/mol. The van der Waals surface area contributed by atoms with Crippen molar-refractivity contribution in [2.24, 2.45) is 0 Å². The van der Waals surface area contributed by atoms with Gasteiger partial charge in [0.15, 0.2) is 0 Å². The van der Waals surface area contributed by atoms with Gasteiger partial charge in [-0.1, -0.05) is 49.4 Å². The number of aliphatic hydroxyl groups excluding tert-OH is 1. The quantitative estimate of drug-likeness (QED) is 0.821. The summed E-state index contributed by atoms with van der Waals surface area (Å²) in [6.07, 6.45) is 0.522. The molecule has 2 N–H and O–H groups in total. The molecule has 2 rings (SSSR count). The molecule has 2 aromatic carbocycles. The Balaban J connectivity index is 1.94. The van der Waals surface area contributed by atoms with Gasteiger partial charge in [0.2, 0.25) is 10.0 Å². The number of benzene rings is 2. The Labute approximate surface area is 131 Å². The molecule has 1 atom stereocenters. The van der Waals surface area contributed by atoms with E-state index in [0.717, 1.165) is 17.5 Å². The molecule has 0 radical (unpaired) electrons. The molecule has 4 nitrogen and oxygen atoms in total. The van der Waals surface area contributed by atoms with Crippen LogP contribution in [0.1, 0.15) is 18.1 Å². The topological polar surface area (TPSA) is 66.4 Å². The lowest BCUT2D eigenvalue weighted by molar-refractivity contribution is 0.179. The molecule has 2 aromatic rings. The molecule has 0 amide bonds. The number of hydrogen-bond acceptors (Lipinski definition) is 3. The highest BCUT2D eigenvalue weighted by Gasteiger charge is 2.15. The number of aryl methyl sites for hydroxylation is 1. The van der Waals surface area contributed by atoms with Gasteiger partial charge in [-0.05, 0) is 36.1 Å². The lowest BCUT2D eigenvalue weighted by Crippen LogP contribution is -2.33. The Morgan fingerprint density at radius 2 is 1.64 bits per heavy atom. The van der Waals surface area contributed by atoms with Crippen molar-refractivity contribution in [3.8, 4) is 0 Å². The van der Waals surface area contributed by atoms with E-state index < -0.39 is 16.1 Å². The van der Waals surface area contributed by atoms with Gasteiger partial charge in [0, 0.05) is 6.54 Å². The number of aliphatic hydroxyl groups is 1. The number of sulfonamides is 1. The van der Waals surface area contributed by atoms with Crippen LogP contribution in [-0.2, 0) is 22.9 Å². The van der Waals surface area contributed by atoms with Crippen molar-refractivity contribution >= 4 is 10.0 Å². The zero-order valence-corrected chi connectivity index (χ0v) is 13.4. The van der Waals surface area contributed by atoms with Crippen LogP contribution in [0.15, 0.2) is 59.5 Å². The normalized spacial score (nSPS) is 13.0. The van der Waals surface area contributed by atoms with Crippen LogP contribution in [0.25, 0.3) is 0 Å². The molecule has 0 fully saturated rings. The molecule has 0 aromatic heterocycles. The summed E-state index contributed by atoms with van der Waals surface area (Å²) in [4.78, 5) is 0.219. The Kier molecular flexibility index (Phi) is 5.71. The summed E-state index contributed by atoms with van der Waals surface area (Å²) >= 11 is 0. The Hall–Kier alpha value is -1.69. The molecule has 0 saturated heterocycles. The largest absolute Gasteiger partial charge is 0.391 e. The molecule has 0 bridgehead atoms. The fraction of sp³-hybridized carbons (Fsp3) is 0.294. The molecule has 0 heterocycles. The Morgan fingerprint density at radius 1 is 1.00 bits per heavy atom. The fourth-order valence-corrected chi connectivity index (χ4v) is 3.22. The van der Waals surface area contributed by atoms with Crippen LogP contribution in [0, 0.1) is 0 Å². The lowest BCUT2D eigenvalue weighted by atomic mass is 10.1. The average Bonchev–Trinajstić information content (AvgIpc) is 2.54. The summed E-state index contributed by atoms with van der Waals surface area (Å²) in [7, 11) is -3.58. The summed E-state index contributed by atoms with van der Waals surface area (Å²) < 4.78 is 26.8. The second kappa shape index (κ2) is 7.54. The SMILES string of the molecule is CCc1ccc(S(=O)(=O)NCC(O)Cc2ccccc2)cc1. The second-order valence-electron chi connectivity index (χ2n) is 5.19. The number of rotatable bonds is 7. The predicted molar refractivity (Wildman–Crippen MR) is 87.2 cm³/mol. The van der Waals surface area contributed by atoms with Crippen LogP contribution in [0.5, 0.6) is 0 Å². The van der Waals surface area contributed by atoms with E-state index in [9.17, 15) is 13.5 Å². The summed E-state index contributed by atoms with van der Waals surface area (Å²) in [5.41, 5.74) is 2.06. The number of nitrogens with one attached hydrogen (secondary N) is 1. The summed E-state index contributed by atoms with van der Waals surface area (Å²) in [5.74, 6) is 0. The van der Waals surface area contributed by atoms with Gasteiger partial charge in [-0.2, -0.15) is 0 Å². The van der Waals surface area contributed by atoms with Crippen LogP contribution in [-0.4, -0.2) is 26.2 Å². The summed E-state index contributed by atoms with van der Waals surface area (Å²) in [5, 5.41) is 9.97. The van der Waals surface area contributed by atoms with Gasteiger partial charge >= 0.3 is 0 Å². The highest BCUT2D eigenvalue weighted by Crippen LogP contribution is 2.11. The van der Waals surface area contributed by atoms with Crippen molar-refractivity contribution in [3.63, 3.8) is 0 Å². The van der Waals surface area contributed by atoms with Crippen LogP contribution >= 0.6 is 0 Å². The van der Waals surface area contributed by atoms with Crippen LogP contribution in [0.4, 0.5) is 0 Å². The Morgan fingerprint density at radius 3 is 2.23 bits per heavy atom. The van der Waals surface area contributed by atoms with Gasteiger partial charge in [-0.3, -0.25) is 0 Å². The third-order valence-electron chi connectivity index (χ3n) is 3.47. The standard InChI is InChI=1S/C17H21NO3S/c1-2-14-8-10-17(11-9-14)22(20,21)18-13-16(19)12-15-6-4-3-5-7-15/h3-11,16,18-19H,2,12-13H2,1H3. The summed E-state index contributed by atoms with van der Waals surface area (Å²) in [6.45, 7) is 2.01. The molecule has 0 spiro atoms. The molecular weight excluding hydrogens is 298 g/mol. The first-order chi connectivity index (χ1) is 10.5. The fourth-order valence-electron chi connectivity index (χ4n) is 2.15. The zero-order valence-electron chi connectivity index (χ0n) is 12.6. The van der Waals surface area contributed by atoms with Gasteiger partial charge in [0.05, 0.1) is 11.0 Å². The summed E-state index contributed by atoms with van der Waals surface area (Å²) in [6, 6.07) is 16.3. The van der Waals surface area contributed by atoms with Gasteiger partial charge in [-0.25, -0.2) is 13.1 Å². The van der Waals surface area contributed by atoms with Crippen LogP contribution < -0.4 is 4.72 Å². The van der Waals surface area contributed by atoms with E-state index in [-0.39, 0.29) is 11.4 Å². The van der Waals surface area contributed by atoms with Crippen LogP contribution in [0.2, 0.25) is 0 Å². The first-order valence-electron chi connectivity index (χ1n) is 7.32. The van der Waals surface area contributed by atoms with E-state index in [1.54, 1.807) is 24.3 Å². The average molecular weight is 319 g/mol. The molecular formula is C17H21NO3S. The smallest absolute Gasteiger partial charge is 0.240 e. The van der Waals surface area contributed by atoms with Crippen molar-refractivity contribution < 1.29 is 13.5 Å². The second-order valence-corrected chi connectivity index (χ2v) is 6.96. The first kappa shape index (κ1) is 16.7. The molecule has 0 saturated carbocycles. The van der Waals surface area contributed by atoms with E-state index >= 15 is 0 Å². The van der Waals surface area contributed by atoms with Gasteiger partial charge in [-0.15, -0.1) is 0 Å². The van der Waals surface area contributed by atoms with Gasteiger partial charge in [0.25, 0.3) is 0 Å². The molecule has 0 aliphatic carbocycles. The predicted octanol–water partition coefficient (Wildman–Crippen LogP) is 2.13. The minimum absolute atomic E-state index is 0.00719. The molecule has 22 heavy (non-hydrogen) atoms. The molecule has 5 heteroatoms. The molecule has 1 unspecified atom stereocenters. The van der Waals surface area contributed by atoms with Gasteiger partial charge < -0.3 is 5.11 Å². The van der Waals surface area contributed by atoms with E-state index in [1.807, 2.05) is 37.3 Å². The minimum Gasteiger partial charge on any atom is -0.391 e. The maximum absolute atomic E-state index is 12.2. The first-order valence-corrected chi connectivity index (χ1v) is 8.80. The van der Waals surface area contributed by atoms with E-state index in [1.165, 1.54) is 0 Å². The number of hydrogen-bond donors (Lipinski definition) is 2. The van der Waals surface area contributed by atoms with E-state index in [2.05, 4.69) is 4.72 Å². The van der Waals surface area contributed by atoms with Crippen molar-refractivity contribution in [1.82, 2.24) is 4.72 Å². The van der Waals surface area contributed by atoms with E-state index in [4.69, 9.17) is 0 Å². The highest BCUT2D eigenvalue weighted by molar-refractivity contribution is 7.89. The highest BCUT2D eigenvalue weighted by atomic mass is 32.2. The van der Waals surface area contributed by atoms with Crippen molar-refractivity contribution in [2.75, 3.05) is 6.54 Å². The third kappa shape index (κ3) is 4.66. The zero-order chi connectivity index (χ0) is 16.0. The van der Waals surface area contributed by atoms with Crippen molar-refractivity contribution in [2.45, 2.75) is 30.8 Å². The minimum atomic E-state index is -3.58. The molecule has 118 valence electrons. The maximum atomic E-state index is 12.2. The molecule has 0 aliphatic rings. The maximum Gasteiger partial charge on any atom is 0.240 e. The van der Waals surface area contributed by atoms with Gasteiger partial charge in [0.1, 0.15) is 0 Å². The van der Waals surface area contributed by atoms with Crippen molar-refractivity contribution in [3.05, 3.63) is 65.7 Å². The van der Waals surface area contributed by atoms with Crippen LogP contribution in [0.3, 0.4) is 0 Å². The van der Waals surface area contributed by atoms with E-state index in [0.29, 0.717) is 6.42 Å². The molecule has 0 aliphatic heterocycles. The lowest BCUT2D eigenvalue weighted by Gasteiger charge is -2.12. The Bertz CT molecular complexity index is 682.